The van der Waals surface area contributed by atoms with Gasteiger partial charge in [0.25, 0.3) is 0 Å². The third-order valence-corrected chi connectivity index (χ3v) is 1.28. The summed E-state index contributed by atoms with van der Waals surface area (Å²) in [6, 6.07) is 0. The highest BCUT2D eigenvalue weighted by Gasteiger charge is 1.89. The lowest BCUT2D eigenvalue weighted by Crippen LogP contribution is -2.03. The molecule has 0 fully saturated rings. The van der Waals surface area contributed by atoms with Crippen molar-refractivity contribution in [3.63, 3.8) is 0 Å². The molecule has 0 heterocycles. The number of rotatable bonds is 9. The van der Waals surface area contributed by atoms with Crippen LogP contribution in [0.1, 0.15) is 12.8 Å². The van der Waals surface area contributed by atoms with E-state index in [-0.39, 0.29) is 0 Å². The van der Waals surface area contributed by atoms with Crippen molar-refractivity contribution in [2.24, 2.45) is 0 Å². The van der Waals surface area contributed by atoms with E-state index in [0.717, 1.165) is 12.8 Å². The van der Waals surface area contributed by atoms with Crippen molar-refractivity contribution in [3.05, 3.63) is 0 Å². The van der Waals surface area contributed by atoms with Gasteiger partial charge in [0.15, 0.2) is 0 Å². The molecule has 0 aromatic heterocycles. The fourth-order valence-corrected chi connectivity index (χ4v) is 0.664. The van der Waals surface area contributed by atoms with Crippen LogP contribution in [0.25, 0.3) is 0 Å². The molecule has 0 rings (SSSR count). The van der Waals surface area contributed by atoms with Gasteiger partial charge in [-0.05, 0) is 12.8 Å². The van der Waals surface area contributed by atoms with Crippen LogP contribution in [0.5, 0.6) is 0 Å². The Hall–Kier alpha value is -0.610. The lowest BCUT2D eigenvalue weighted by Gasteiger charge is -2.02. The van der Waals surface area contributed by atoms with Crippen molar-refractivity contribution in [1.29, 1.82) is 0 Å². The minimum absolute atomic E-state index is 0.428. The molecule has 0 aromatic carbocycles. The highest BCUT2D eigenvalue weighted by Crippen LogP contribution is 1.90. The first-order chi connectivity index (χ1) is 5.91. The highest BCUT2D eigenvalue weighted by atomic mass is 16.5. The molecule has 0 amide bonds. The molecule has 12 heavy (non-hydrogen) atoms. The normalized spacial score (nSPS) is 9.75. The number of hydrogen-bond acceptors (Lipinski definition) is 4. The molecule has 0 bridgehead atoms. The minimum Gasteiger partial charge on any atom is -0.457 e. The number of ether oxygens (including phenoxy) is 3. The largest absolute Gasteiger partial charge is 0.457 e. The molecule has 0 spiro atoms. The maximum atomic E-state index is 9.58. The van der Waals surface area contributed by atoms with Crippen LogP contribution in [0.2, 0.25) is 0 Å². The Kier molecular flexibility index (Phi) is 9.86. The maximum Gasteiger partial charge on any atom is 0.417 e. The van der Waals surface area contributed by atoms with Crippen LogP contribution in [0.4, 0.5) is 0 Å². The average molecular weight is 175 g/mol. The molecular weight excluding hydrogens is 160 g/mol. The van der Waals surface area contributed by atoms with Gasteiger partial charge in [-0.25, -0.2) is 4.79 Å². The SMILES string of the molecule is COCCOCCCCO[C]=O. The van der Waals surface area contributed by atoms with E-state index >= 15 is 0 Å². The molecule has 0 aliphatic rings. The smallest absolute Gasteiger partial charge is 0.417 e. The van der Waals surface area contributed by atoms with E-state index in [1.165, 1.54) is 6.47 Å². The van der Waals surface area contributed by atoms with E-state index in [0.29, 0.717) is 26.4 Å². The third-order valence-electron chi connectivity index (χ3n) is 1.28. The van der Waals surface area contributed by atoms with Crippen LogP contribution in [0.3, 0.4) is 0 Å². The molecule has 71 valence electrons. The molecular formula is C8H15O4. The van der Waals surface area contributed by atoms with Gasteiger partial charge in [0.05, 0.1) is 19.8 Å². The summed E-state index contributed by atoms with van der Waals surface area (Å²) in [6.07, 6.45) is 1.72. The van der Waals surface area contributed by atoms with Gasteiger partial charge in [-0.15, -0.1) is 0 Å². The summed E-state index contributed by atoms with van der Waals surface area (Å²) in [7, 11) is 1.64. The molecule has 0 aliphatic heterocycles. The van der Waals surface area contributed by atoms with E-state index in [9.17, 15) is 4.79 Å². The molecule has 0 aromatic rings. The second kappa shape index (κ2) is 10.4. The van der Waals surface area contributed by atoms with Crippen LogP contribution in [-0.4, -0.2) is 40.0 Å². The summed E-state index contributed by atoms with van der Waals surface area (Å²) < 4.78 is 14.3. The molecule has 0 atom stereocenters. The van der Waals surface area contributed by atoms with Crippen LogP contribution >= 0.6 is 0 Å². The monoisotopic (exact) mass is 175 g/mol. The van der Waals surface area contributed by atoms with Crippen LogP contribution in [0, 0.1) is 0 Å². The summed E-state index contributed by atoms with van der Waals surface area (Å²) in [5.41, 5.74) is 0. The zero-order chi connectivity index (χ0) is 9.07. The third kappa shape index (κ3) is 9.39. The Labute approximate surface area is 72.8 Å². The van der Waals surface area contributed by atoms with Gasteiger partial charge >= 0.3 is 6.47 Å². The predicted octanol–water partition coefficient (Wildman–Crippen LogP) is 0.513. The topological polar surface area (TPSA) is 44.8 Å². The van der Waals surface area contributed by atoms with Crippen molar-refractivity contribution in [3.8, 4) is 0 Å². The zero-order valence-electron chi connectivity index (χ0n) is 7.38. The van der Waals surface area contributed by atoms with Gasteiger partial charge in [-0.3, -0.25) is 0 Å². The molecule has 0 unspecified atom stereocenters. The molecule has 0 saturated carbocycles. The summed E-state index contributed by atoms with van der Waals surface area (Å²) >= 11 is 0. The fourth-order valence-electron chi connectivity index (χ4n) is 0.664. The summed E-state index contributed by atoms with van der Waals surface area (Å²) in [5, 5.41) is 0. The van der Waals surface area contributed by atoms with Gasteiger partial charge in [-0.2, -0.15) is 0 Å². The van der Waals surface area contributed by atoms with Gasteiger partial charge < -0.3 is 14.2 Å². The van der Waals surface area contributed by atoms with Crippen molar-refractivity contribution < 1.29 is 19.0 Å². The lowest BCUT2D eigenvalue weighted by atomic mass is 10.3. The molecule has 0 aliphatic carbocycles. The van der Waals surface area contributed by atoms with Crippen LogP contribution in [0.15, 0.2) is 0 Å². The average Bonchev–Trinajstić information content (AvgIpc) is 2.10. The fraction of sp³-hybridized carbons (Fsp3) is 0.875. The van der Waals surface area contributed by atoms with Crippen LogP contribution in [-0.2, 0) is 19.0 Å². The van der Waals surface area contributed by atoms with E-state index in [1.54, 1.807) is 7.11 Å². The Morgan fingerprint density at radius 3 is 2.50 bits per heavy atom. The lowest BCUT2D eigenvalue weighted by molar-refractivity contribution is 0.0671. The number of hydrogen-bond donors (Lipinski definition) is 0. The predicted molar refractivity (Wildman–Crippen MR) is 43.6 cm³/mol. The second-order valence-electron chi connectivity index (χ2n) is 2.24. The van der Waals surface area contributed by atoms with E-state index in [2.05, 4.69) is 4.74 Å². The van der Waals surface area contributed by atoms with E-state index < -0.39 is 0 Å². The highest BCUT2D eigenvalue weighted by molar-refractivity contribution is 5.37. The molecule has 0 saturated heterocycles. The van der Waals surface area contributed by atoms with Gasteiger partial charge in [0.1, 0.15) is 0 Å². The van der Waals surface area contributed by atoms with Gasteiger partial charge in [-0.1, -0.05) is 0 Å². The molecule has 4 heteroatoms. The molecule has 0 N–H and O–H groups in total. The number of unbranched alkanes of at least 4 members (excludes halogenated alkanes) is 1. The Morgan fingerprint density at radius 2 is 1.83 bits per heavy atom. The van der Waals surface area contributed by atoms with Crippen molar-refractivity contribution >= 4 is 6.47 Å². The molecule has 1 radical (unpaired) electrons. The first-order valence-electron chi connectivity index (χ1n) is 3.97. The first-order valence-corrected chi connectivity index (χ1v) is 3.97. The standard InChI is InChI=1S/C8H15O4/c1-10-6-7-11-4-2-3-5-12-8-9/h2-7H2,1H3. The Bertz CT molecular complexity index is 95.1. The number of methoxy groups -OCH3 is 1. The van der Waals surface area contributed by atoms with Crippen molar-refractivity contribution in [1.82, 2.24) is 0 Å². The summed E-state index contributed by atoms with van der Waals surface area (Å²) in [5.74, 6) is 0. The van der Waals surface area contributed by atoms with Crippen LogP contribution < -0.4 is 0 Å². The van der Waals surface area contributed by atoms with Crippen molar-refractivity contribution in [2.45, 2.75) is 12.8 Å². The van der Waals surface area contributed by atoms with E-state index in [1.807, 2.05) is 0 Å². The molecule has 4 nitrogen and oxygen atoms in total. The van der Waals surface area contributed by atoms with E-state index in [4.69, 9.17) is 9.47 Å². The Balaban J connectivity index is 2.77. The van der Waals surface area contributed by atoms with Crippen molar-refractivity contribution in [2.75, 3.05) is 33.5 Å². The second-order valence-corrected chi connectivity index (χ2v) is 2.24. The summed E-state index contributed by atoms with van der Waals surface area (Å²) in [6.45, 7) is 3.73. The Morgan fingerprint density at radius 1 is 1.08 bits per heavy atom. The van der Waals surface area contributed by atoms with Gasteiger partial charge in [0, 0.05) is 13.7 Å². The van der Waals surface area contributed by atoms with Gasteiger partial charge in [0.2, 0.25) is 0 Å². The zero-order valence-corrected chi connectivity index (χ0v) is 7.38. The minimum atomic E-state index is 0.428. The summed E-state index contributed by atoms with van der Waals surface area (Å²) in [4.78, 5) is 9.58. The first kappa shape index (κ1) is 11.4. The maximum absolute atomic E-state index is 9.58. The quantitative estimate of drug-likeness (QED) is 0.479. The number of carbonyl (C=O) groups excluding carboxylic acids is 1.